The van der Waals surface area contributed by atoms with Gasteiger partial charge in [0.2, 0.25) is 0 Å². The predicted molar refractivity (Wildman–Crippen MR) is 77.4 cm³/mol. The topological polar surface area (TPSA) is 26.3 Å². The minimum Gasteiger partial charge on any atom is -0.494 e. The van der Waals surface area contributed by atoms with Crippen molar-refractivity contribution in [2.75, 3.05) is 6.61 Å². The van der Waals surface area contributed by atoms with Crippen LogP contribution in [0.5, 0.6) is 5.75 Å². The minimum absolute atomic E-state index is 0.230. The summed E-state index contributed by atoms with van der Waals surface area (Å²) in [5, 5.41) is 0. The van der Waals surface area contributed by atoms with Crippen molar-refractivity contribution in [1.82, 2.24) is 0 Å². The van der Waals surface area contributed by atoms with Crippen molar-refractivity contribution in [3.63, 3.8) is 0 Å². The minimum atomic E-state index is -0.414. The van der Waals surface area contributed by atoms with Crippen LogP contribution in [0.1, 0.15) is 22.8 Å². The van der Waals surface area contributed by atoms with Crippen molar-refractivity contribution in [2.24, 2.45) is 0 Å². The number of hydrogen-bond acceptors (Lipinski definition) is 2. The van der Waals surface area contributed by atoms with Crippen LogP contribution in [0.3, 0.4) is 0 Å². The Balaban J connectivity index is 2.12. The van der Waals surface area contributed by atoms with E-state index in [1.807, 2.05) is 31.2 Å². The Kier molecular flexibility index (Phi) is 4.66. The summed E-state index contributed by atoms with van der Waals surface area (Å²) in [6.45, 7) is 2.51. The fraction of sp³-hybridized carbons (Fsp3) is 0.118. The molecule has 2 rings (SSSR count). The molecule has 20 heavy (non-hydrogen) atoms. The highest BCUT2D eigenvalue weighted by Gasteiger charge is 2.02. The smallest absolute Gasteiger partial charge is 0.185 e. The Morgan fingerprint density at radius 1 is 1.20 bits per heavy atom. The Hall–Kier alpha value is -2.42. The number of hydrogen-bond donors (Lipinski definition) is 0. The molecule has 0 aromatic heterocycles. The summed E-state index contributed by atoms with van der Waals surface area (Å²) in [4.78, 5) is 11.9. The number of allylic oxidation sites excluding steroid dienone is 1. The van der Waals surface area contributed by atoms with Crippen LogP contribution in [-0.4, -0.2) is 12.4 Å². The summed E-state index contributed by atoms with van der Waals surface area (Å²) in [6, 6.07) is 13.1. The molecule has 0 bridgehead atoms. The number of carbonyl (C=O) groups is 1. The van der Waals surface area contributed by atoms with Gasteiger partial charge in [-0.05, 0) is 42.8 Å². The molecule has 0 aliphatic rings. The van der Waals surface area contributed by atoms with Gasteiger partial charge in [-0.2, -0.15) is 0 Å². The third kappa shape index (κ3) is 3.79. The SMILES string of the molecule is CCOc1cccc(/C=C/C(=O)c2cccc(F)c2)c1. The summed E-state index contributed by atoms with van der Waals surface area (Å²) < 4.78 is 18.4. The van der Waals surface area contributed by atoms with E-state index in [4.69, 9.17) is 4.74 Å². The van der Waals surface area contributed by atoms with Gasteiger partial charge in [-0.25, -0.2) is 4.39 Å². The zero-order valence-corrected chi connectivity index (χ0v) is 11.2. The molecule has 0 heterocycles. The molecular formula is C17H15FO2. The second-order valence-corrected chi connectivity index (χ2v) is 4.21. The summed E-state index contributed by atoms with van der Waals surface area (Å²) in [5.74, 6) is 0.113. The second-order valence-electron chi connectivity index (χ2n) is 4.21. The first-order valence-electron chi connectivity index (χ1n) is 6.40. The monoisotopic (exact) mass is 270 g/mol. The molecule has 0 atom stereocenters. The van der Waals surface area contributed by atoms with Gasteiger partial charge in [0.25, 0.3) is 0 Å². The fourth-order valence-corrected chi connectivity index (χ4v) is 1.78. The standard InChI is InChI=1S/C17H15FO2/c1-2-20-16-8-3-5-13(11-16)9-10-17(19)14-6-4-7-15(18)12-14/h3-12H,2H2,1H3/b10-9+. The number of benzene rings is 2. The van der Waals surface area contributed by atoms with E-state index in [1.54, 1.807) is 12.1 Å². The third-order valence-electron chi connectivity index (χ3n) is 2.71. The lowest BCUT2D eigenvalue weighted by Crippen LogP contribution is -1.94. The number of rotatable bonds is 5. The summed E-state index contributed by atoms with van der Waals surface area (Å²) in [5.41, 5.74) is 1.20. The molecule has 2 nitrogen and oxygen atoms in total. The van der Waals surface area contributed by atoms with Gasteiger partial charge >= 0.3 is 0 Å². The van der Waals surface area contributed by atoms with E-state index >= 15 is 0 Å². The quantitative estimate of drug-likeness (QED) is 0.603. The summed E-state index contributed by atoms with van der Waals surface area (Å²) in [7, 11) is 0. The first kappa shape index (κ1) is 14.0. The highest BCUT2D eigenvalue weighted by atomic mass is 19.1. The molecule has 0 aliphatic heterocycles. The zero-order valence-electron chi connectivity index (χ0n) is 11.2. The first-order valence-corrected chi connectivity index (χ1v) is 6.40. The molecule has 0 N–H and O–H groups in total. The number of carbonyl (C=O) groups excluding carboxylic acids is 1. The van der Waals surface area contributed by atoms with Crippen molar-refractivity contribution in [3.05, 3.63) is 71.6 Å². The van der Waals surface area contributed by atoms with E-state index in [-0.39, 0.29) is 5.78 Å². The maximum absolute atomic E-state index is 13.0. The van der Waals surface area contributed by atoms with E-state index in [1.165, 1.54) is 24.3 Å². The molecule has 0 spiro atoms. The average Bonchev–Trinajstić information content (AvgIpc) is 2.45. The van der Waals surface area contributed by atoms with Gasteiger partial charge in [0, 0.05) is 5.56 Å². The molecule has 0 saturated carbocycles. The van der Waals surface area contributed by atoms with E-state index < -0.39 is 5.82 Å². The highest BCUT2D eigenvalue weighted by Crippen LogP contribution is 2.15. The van der Waals surface area contributed by atoms with Crippen LogP contribution >= 0.6 is 0 Å². The lowest BCUT2D eigenvalue weighted by molar-refractivity contribution is 0.104. The van der Waals surface area contributed by atoms with Crippen LogP contribution < -0.4 is 4.74 Å². The normalized spacial score (nSPS) is 10.7. The van der Waals surface area contributed by atoms with Gasteiger partial charge in [0.15, 0.2) is 5.78 Å². The van der Waals surface area contributed by atoms with Crippen LogP contribution in [0, 0.1) is 5.82 Å². The summed E-state index contributed by atoms with van der Waals surface area (Å²) >= 11 is 0. The average molecular weight is 270 g/mol. The molecule has 2 aromatic rings. The molecule has 0 fully saturated rings. The molecule has 3 heteroatoms. The van der Waals surface area contributed by atoms with Crippen molar-refractivity contribution in [3.8, 4) is 5.75 Å². The molecule has 102 valence electrons. The highest BCUT2D eigenvalue weighted by molar-refractivity contribution is 6.06. The van der Waals surface area contributed by atoms with Gasteiger partial charge in [-0.3, -0.25) is 4.79 Å². The maximum atomic E-state index is 13.0. The van der Waals surface area contributed by atoms with Crippen molar-refractivity contribution < 1.29 is 13.9 Å². The van der Waals surface area contributed by atoms with Gasteiger partial charge < -0.3 is 4.74 Å². The Morgan fingerprint density at radius 3 is 2.75 bits per heavy atom. The van der Waals surface area contributed by atoms with Crippen LogP contribution in [0.4, 0.5) is 4.39 Å². The second kappa shape index (κ2) is 6.66. The van der Waals surface area contributed by atoms with Crippen LogP contribution in [0.2, 0.25) is 0 Å². The van der Waals surface area contributed by atoms with Crippen molar-refractivity contribution in [2.45, 2.75) is 6.92 Å². The van der Waals surface area contributed by atoms with Gasteiger partial charge in [0.1, 0.15) is 11.6 Å². The largest absolute Gasteiger partial charge is 0.494 e. The Labute approximate surface area is 117 Å². The van der Waals surface area contributed by atoms with Gasteiger partial charge in [-0.1, -0.05) is 30.3 Å². The predicted octanol–water partition coefficient (Wildman–Crippen LogP) is 4.12. The lowest BCUT2D eigenvalue weighted by atomic mass is 10.1. The third-order valence-corrected chi connectivity index (χ3v) is 2.71. The van der Waals surface area contributed by atoms with E-state index in [0.717, 1.165) is 11.3 Å². The molecule has 0 unspecified atom stereocenters. The van der Waals surface area contributed by atoms with Gasteiger partial charge in [0.05, 0.1) is 6.61 Å². The number of ether oxygens (including phenoxy) is 1. The maximum Gasteiger partial charge on any atom is 0.185 e. The fourth-order valence-electron chi connectivity index (χ4n) is 1.78. The molecule has 0 radical (unpaired) electrons. The van der Waals surface area contributed by atoms with Gasteiger partial charge in [-0.15, -0.1) is 0 Å². The Bertz CT molecular complexity index is 632. The van der Waals surface area contributed by atoms with E-state index in [2.05, 4.69) is 0 Å². The first-order chi connectivity index (χ1) is 9.69. The number of ketones is 1. The number of halogens is 1. The molecular weight excluding hydrogens is 255 g/mol. The zero-order chi connectivity index (χ0) is 14.4. The molecule has 2 aromatic carbocycles. The lowest BCUT2D eigenvalue weighted by Gasteiger charge is -2.03. The van der Waals surface area contributed by atoms with Crippen molar-refractivity contribution in [1.29, 1.82) is 0 Å². The van der Waals surface area contributed by atoms with E-state index in [0.29, 0.717) is 12.2 Å². The van der Waals surface area contributed by atoms with E-state index in [9.17, 15) is 9.18 Å². The van der Waals surface area contributed by atoms with Crippen molar-refractivity contribution >= 4 is 11.9 Å². The summed E-state index contributed by atoms with van der Waals surface area (Å²) in [6.07, 6.45) is 3.12. The van der Waals surface area contributed by atoms with Crippen LogP contribution in [-0.2, 0) is 0 Å². The molecule has 0 saturated heterocycles. The molecule has 0 aliphatic carbocycles. The molecule has 0 amide bonds. The van der Waals surface area contributed by atoms with Crippen LogP contribution in [0.15, 0.2) is 54.6 Å². The Morgan fingerprint density at radius 2 is 2.00 bits per heavy atom. The van der Waals surface area contributed by atoms with Crippen LogP contribution in [0.25, 0.3) is 6.08 Å².